The zero-order valence-corrected chi connectivity index (χ0v) is 9.49. The number of fused-ring (bicyclic) bond motifs is 1. The van der Waals surface area contributed by atoms with Crippen LogP contribution in [0.4, 0.5) is 11.8 Å². The van der Waals surface area contributed by atoms with Gasteiger partial charge in [-0.3, -0.25) is 4.79 Å². The standard InChI is InChI=1S/C11H15N5O/c12-10-13-6-7-8(14-10)15-11(16-9(7)17)4-2-1-3-5-11/h6H,1-5H2,(H,16,17)(H3,12,13,14,15). The number of anilines is 2. The predicted molar refractivity (Wildman–Crippen MR) is 63.3 cm³/mol. The van der Waals surface area contributed by atoms with Crippen LogP contribution in [-0.2, 0) is 0 Å². The first-order chi connectivity index (χ1) is 8.19. The van der Waals surface area contributed by atoms with Crippen LogP contribution in [0, 0.1) is 0 Å². The van der Waals surface area contributed by atoms with E-state index >= 15 is 0 Å². The zero-order valence-electron chi connectivity index (χ0n) is 9.49. The van der Waals surface area contributed by atoms with Crippen LogP contribution in [0.1, 0.15) is 42.5 Å². The summed E-state index contributed by atoms with van der Waals surface area (Å²) in [5.41, 5.74) is 5.69. The monoisotopic (exact) mass is 233 g/mol. The second-order valence-corrected chi connectivity index (χ2v) is 4.71. The molecule has 0 unspecified atom stereocenters. The summed E-state index contributed by atoms with van der Waals surface area (Å²) in [4.78, 5) is 19.9. The molecule has 0 radical (unpaired) electrons. The van der Waals surface area contributed by atoms with Gasteiger partial charge in [0.15, 0.2) is 0 Å². The van der Waals surface area contributed by atoms with Gasteiger partial charge in [0.25, 0.3) is 5.91 Å². The normalized spacial score (nSPS) is 21.5. The number of hydrogen-bond acceptors (Lipinski definition) is 5. The molecule has 0 aromatic carbocycles. The van der Waals surface area contributed by atoms with Gasteiger partial charge in [-0.05, 0) is 25.7 Å². The lowest BCUT2D eigenvalue weighted by Gasteiger charge is -2.42. The summed E-state index contributed by atoms with van der Waals surface area (Å²) < 4.78 is 0. The molecule has 4 N–H and O–H groups in total. The van der Waals surface area contributed by atoms with Crippen molar-refractivity contribution < 1.29 is 4.79 Å². The van der Waals surface area contributed by atoms with Crippen molar-refractivity contribution in [2.24, 2.45) is 0 Å². The Balaban J connectivity index is 1.98. The van der Waals surface area contributed by atoms with Crippen molar-refractivity contribution in [1.82, 2.24) is 15.3 Å². The Kier molecular flexibility index (Phi) is 2.17. The van der Waals surface area contributed by atoms with Crippen molar-refractivity contribution >= 4 is 17.7 Å². The maximum absolute atomic E-state index is 12.0. The highest BCUT2D eigenvalue weighted by molar-refractivity contribution is 6.01. The van der Waals surface area contributed by atoms with E-state index < -0.39 is 0 Å². The molecule has 1 aromatic heterocycles. The van der Waals surface area contributed by atoms with Crippen LogP contribution in [-0.4, -0.2) is 21.5 Å². The van der Waals surface area contributed by atoms with Crippen LogP contribution in [0.5, 0.6) is 0 Å². The number of carbonyl (C=O) groups is 1. The third-order valence-corrected chi connectivity index (χ3v) is 3.47. The average Bonchev–Trinajstić information content (AvgIpc) is 2.29. The number of nitrogens with one attached hydrogen (secondary N) is 2. The van der Waals surface area contributed by atoms with E-state index in [1.54, 1.807) is 0 Å². The molecule has 0 bridgehead atoms. The van der Waals surface area contributed by atoms with Gasteiger partial charge in [-0.2, -0.15) is 4.98 Å². The molecule has 1 spiro atoms. The average molecular weight is 233 g/mol. The van der Waals surface area contributed by atoms with Gasteiger partial charge in [-0.25, -0.2) is 4.98 Å². The maximum atomic E-state index is 12.0. The summed E-state index contributed by atoms with van der Waals surface area (Å²) in [5, 5.41) is 6.36. The molecule has 90 valence electrons. The van der Waals surface area contributed by atoms with Crippen LogP contribution >= 0.6 is 0 Å². The van der Waals surface area contributed by atoms with Crippen molar-refractivity contribution in [3.05, 3.63) is 11.8 Å². The van der Waals surface area contributed by atoms with Crippen LogP contribution in [0.25, 0.3) is 0 Å². The van der Waals surface area contributed by atoms with Crippen LogP contribution in [0.15, 0.2) is 6.20 Å². The molecule has 17 heavy (non-hydrogen) atoms. The highest BCUT2D eigenvalue weighted by Gasteiger charge is 2.39. The van der Waals surface area contributed by atoms with Crippen LogP contribution in [0.3, 0.4) is 0 Å². The third-order valence-electron chi connectivity index (χ3n) is 3.47. The van der Waals surface area contributed by atoms with Crippen molar-refractivity contribution in [3.8, 4) is 0 Å². The Hall–Kier alpha value is -1.85. The second-order valence-electron chi connectivity index (χ2n) is 4.71. The van der Waals surface area contributed by atoms with E-state index in [1.165, 1.54) is 12.6 Å². The molecule has 1 fully saturated rings. The number of nitrogen functional groups attached to an aromatic ring is 1. The molecular weight excluding hydrogens is 218 g/mol. The van der Waals surface area contributed by atoms with Crippen LogP contribution < -0.4 is 16.4 Å². The van der Waals surface area contributed by atoms with Gasteiger partial charge in [-0.15, -0.1) is 0 Å². The summed E-state index contributed by atoms with van der Waals surface area (Å²) >= 11 is 0. The molecular formula is C11H15N5O. The molecule has 2 heterocycles. The minimum atomic E-state index is -0.330. The highest BCUT2D eigenvalue weighted by atomic mass is 16.2. The van der Waals surface area contributed by atoms with Gasteiger partial charge in [0.05, 0.1) is 0 Å². The van der Waals surface area contributed by atoms with E-state index in [0.29, 0.717) is 11.4 Å². The lowest BCUT2D eigenvalue weighted by atomic mass is 9.87. The number of amides is 1. The number of rotatable bonds is 0. The van der Waals surface area contributed by atoms with E-state index in [9.17, 15) is 4.79 Å². The van der Waals surface area contributed by atoms with E-state index in [4.69, 9.17) is 5.73 Å². The molecule has 1 saturated carbocycles. The maximum Gasteiger partial charge on any atom is 0.258 e. The Morgan fingerprint density at radius 1 is 1.24 bits per heavy atom. The second kappa shape index (κ2) is 3.58. The van der Waals surface area contributed by atoms with Crippen molar-refractivity contribution in [2.75, 3.05) is 11.1 Å². The van der Waals surface area contributed by atoms with Crippen molar-refractivity contribution in [2.45, 2.75) is 37.8 Å². The van der Waals surface area contributed by atoms with Gasteiger partial charge in [0.2, 0.25) is 5.95 Å². The van der Waals surface area contributed by atoms with Crippen LogP contribution in [0.2, 0.25) is 0 Å². The Morgan fingerprint density at radius 3 is 2.76 bits per heavy atom. The molecule has 3 rings (SSSR count). The summed E-state index contributed by atoms with van der Waals surface area (Å²) in [5.74, 6) is 0.640. The number of aromatic nitrogens is 2. The first-order valence-corrected chi connectivity index (χ1v) is 5.92. The van der Waals surface area contributed by atoms with E-state index in [-0.39, 0.29) is 17.5 Å². The quantitative estimate of drug-likeness (QED) is 0.618. The molecule has 6 nitrogen and oxygen atoms in total. The van der Waals surface area contributed by atoms with E-state index in [1.807, 2.05) is 0 Å². The minimum Gasteiger partial charge on any atom is -0.368 e. The Bertz CT molecular complexity index is 467. The van der Waals surface area contributed by atoms with Gasteiger partial charge < -0.3 is 16.4 Å². The molecule has 0 atom stereocenters. The Labute approximate surface area is 99.0 Å². The van der Waals surface area contributed by atoms with E-state index in [2.05, 4.69) is 20.6 Å². The van der Waals surface area contributed by atoms with Gasteiger partial charge in [0, 0.05) is 6.20 Å². The predicted octanol–water partition coefficient (Wildman–Crippen LogP) is 0.874. The highest BCUT2D eigenvalue weighted by Crippen LogP contribution is 2.33. The zero-order chi connectivity index (χ0) is 11.9. The summed E-state index contributed by atoms with van der Waals surface area (Å²) in [6.07, 6.45) is 6.78. The SMILES string of the molecule is Nc1ncc2c(n1)NC1(CCCCC1)NC2=O. The molecule has 1 aliphatic heterocycles. The van der Waals surface area contributed by atoms with Gasteiger partial charge >= 0.3 is 0 Å². The topological polar surface area (TPSA) is 92.9 Å². The summed E-state index contributed by atoms with van der Waals surface area (Å²) in [6, 6.07) is 0. The molecule has 2 aliphatic rings. The fourth-order valence-corrected chi connectivity index (χ4v) is 2.60. The molecule has 1 amide bonds. The molecule has 1 aromatic rings. The molecule has 1 aliphatic carbocycles. The number of carbonyl (C=O) groups excluding carboxylic acids is 1. The number of nitrogens with two attached hydrogens (primary N) is 1. The largest absolute Gasteiger partial charge is 0.368 e. The fourth-order valence-electron chi connectivity index (χ4n) is 2.60. The smallest absolute Gasteiger partial charge is 0.258 e. The first kappa shape index (κ1) is 10.3. The lowest BCUT2D eigenvalue weighted by Crippen LogP contribution is -2.58. The fraction of sp³-hybridized carbons (Fsp3) is 0.545. The van der Waals surface area contributed by atoms with E-state index in [0.717, 1.165) is 25.7 Å². The van der Waals surface area contributed by atoms with Gasteiger partial charge in [-0.1, -0.05) is 6.42 Å². The number of nitrogens with zero attached hydrogens (tertiary/aromatic N) is 2. The summed E-state index contributed by atoms with van der Waals surface area (Å²) in [6.45, 7) is 0. The first-order valence-electron chi connectivity index (χ1n) is 5.92. The lowest BCUT2D eigenvalue weighted by molar-refractivity contribution is 0.0875. The molecule has 6 heteroatoms. The summed E-state index contributed by atoms with van der Waals surface area (Å²) in [7, 11) is 0. The minimum absolute atomic E-state index is 0.111. The Morgan fingerprint density at radius 2 is 2.00 bits per heavy atom. The third kappa shape index (κ3) is 1.69. The number of hydrogen-bond donors (Lipinski definition) is 3. The van der Waals surface area contributed by atoms with Gasteiger partial charge in [0.1, 0.15) is 17.0 Å². The molecule has 0 saturated heterocycles. The van der Waals surface area contributed by atoms with Crippen molar-refractivity contribution in [1.29, 1.82) is 0 Å². The van der Waals surface area contributed by atoms with Crippen molar-refractivity contribution in [3.63, 3.8) is 0 Å².